The topological polar surface area (TPSA) is 55.3 Å². The number of guanidine groups is 1. The van der Waals surface area contributed by atoms with Crippen LogP contribution in [-0.4, -0.2) is 68.9 Å². The summed E-state index contributed by atoms with van der Waals surface area (Å²) < 4.78 is 16.7. The van der Waals surface area contributed by atoms with E-state index in [0.29, 0.717) is 0 Å². The van der Waals surface area contributed by atoms with Crippen LogP contribution < -0.4 is 14.8 Å². The van der Waals surface area contributed by atoms with Crippen LogP contribution >= 0.6 is 11.8 Å². The van der Waals surface area contributed by atoms with Crippen LogP contribution in [0.5, 0.6) is 11.5 Å². The minimum atomic E-state index is 0.198. The highest BCUT2D eigenvalue weighted by atomic mass is 32.2. The van der Waals surface area contributed by atoms with Crippen molar-refractivity contribution in [2.75, 3.05) is 53.3 Å². The highest BCUT2D eigenvalue weighted by molar-refractivity contribution is 8.00. The summed E-state index contributed by atoms with van der Waals surface area (Å²) in [6.07, 6.45) is 5.31. The number of hydrogen-bond acceptors (Lipinski definition) is 5. The van der Waals surface area contributed by atoms with Crippen molar-refractivity contribution in [2.45, 2.75) is 37.5 Å². The Morgan fingerprint density at radius 1 is 1.21 bits per heavy atom. The Bertz CT molecular complexity index is 690. The Hall–Kier alpha value is -1.60. The molecule has 0 unspecified atom stereocenters. The molecule has 3 rings (SSSR count). The molecule has 1 aromatic rings. The number of rotatable bonds is 6. The summed E-state index contributed by atoms with van der Waals surface area (Å²) in [5.74, 6) is 2.59. The number of benzene rings is 1. The van der Waals surface area contributed by atoms with E-state index < -0.39 is 0 Å². The number of aliphatic imine (C=N–C) groups is 1. The number of thioether (sulfide) groups is 1. The maximum absolute atomic E-state index is 5.57. The van der Waals surface area contributed by atoms with Crippen molar-refractivity contribution in [3.05, 3.63) is 23.3 Å². The molecule has 0 spiro atoms. The maximum Gasteiger partial charge on any atom is 0.194 e. The van der Waals surface area contributed by atoms with Gasteiger partial charge in [-0.1, -0.05) is 0 Å². The van der Waals surface area contributed by atoms with Crippen molar-refractivity contribution in [3.8, 4) is 11.5 Å². The lowest BCUT2D eigenvalue weighted by Gasteiger charge is -2.36. The molecule has 1 N–H and O–H groups in total. The molecular weight excluding hydrogens is 374 g/mol. The Balaban J connectivity index is 1.78. The summed E-state index contributed by atoms with van der Waals surface area (Å²) >= 11 is 1.93. The van der Waals surface area contributed by atoms with Crippen molar-refractivity contribution in [1.82, 2.24) is 10.2 Å². The Kier molecular flexibility index (Phi) is 7.35. The largest absolute Gasteiger partial charge is 0.493 e. The maximum atomic E-state index is 5.57. The van der Waals surface area contributed by atoms with Crippen LogP contribution in [0.4, 0.5) is 0 Å². The van der Waals surface area contributed by atoms with Crippen LogP contribution in [0, 0.1) is 0 Å². The van der Waals surface area contributed by atoms with Gasteiger partial charge in [0.25, 0.3) is 0 Å². The van der Waals surface area contributed by atoms with Gasteiger partial charge in [-0.05, 0) is 55.7 Å². The third-order valence-electron chi connectivity index (χ3n) is 5.71. The number of nitrogens with zero attached hydrogens (tertiary/aromatic N) is 2. The van der Waals surface area contributed by atoms with Gasteiger partial charge in [0.05, 0.1) is 20.8 Å². The zero-order chi connectivity index (χ0) is 20.0. The van der Waals surface area contributed by atoms with Gasteiger partial charge in [-0.3, -0.25) is 4.99 Å². The molecule has 2 aliphatic rings. The number of ether oxygens (including phenoxy) is 3. The molecule has 28 heavy (non-hydrogen) atoms. The Morgan fingerprint density at radius 2 is 1.89 bits per heavy atom. The molecule has 0 aromatic heterocycles. The predicted molar refractivity (Wildman–Crippen MR) is 116 cm³/mol. The van der Waals surface area contributed by atoms with Gasteiger partial charge in [0, 0.05) is 37.6 Å². The normalized spacial score (nSPS) is 19.1. The lowest BCUT2D eigenvalue weighted by Crippen LogP contribution is -2.45. The van der Waals surface area contributed by atoms with Gasteiger partial charge >= 0.3 is 0 Å². The first-order chi connectivity index (χ1) is 13.6. The Morgan fingerprint density at radius 3 is 2.50 bits per heavy atom. The summed E-state index contributed by atoms with van der Waals surface area (Å²) in [5.41, 5.74) is 2.61. The average molecular weight is 408 g/mol. The van der Waals surface area contributed by atoms with Crippen LogP contribution in [0.3, 0.4) is 0 Å². The highest BCUT2D eigenvalue weighted by Gasteiger charge is 2.32. The zero-order valence-electron chi connectivity index (χ0n) is 17.5. The smallest absolute Gasteiger partial charge is 0.194 e. The molecule has 0 radical (unpaired) electrons. The number of fused-ring (bicyclic) bond motifs is 1. The summed E-state index contributed by atoms with van der Waals surface area (Å²) in [7, 11) is 3.37. The molecular formula is C21H33N3O3S. The van der Waals surface area contributed by atoms with Crippen LogP contribution in [0.1, 0.15) is 30.9 Å². The summed E-state index contributed by atoms with van der Waals surface area (Å²) in [5, 5.41) is 3.49. The monoisotopic (exact) mass is 407 g/mol. The fraction of sp³-hybridized carbons (Fsp3) is 0.667. The molecule has 0 aliphatic carbocycles. The molecule has 2 aliphatic heterocycles. The Labute approximate surface area is 173 Å². The third kappa shape index (κ3) is 4.69. The quantitative estimate of drug-likeness (QED) is 0.578. The fourth-order valence-corrected chi connectivity index (χ4v) is 4.65. The average Bonchev–Trinajstić information content (AvgIpc) is 2.75. The van der Waals surface area contributed by atoms with E-state index in [9.17, 15) is 0 Å². The van der Waals surface area contributed by atoms with E-state index >= 15 is 0 Å². The molecule has 0 bridgehead atoms. The molecule has 1 fully saturated rings. The fourth-order valence-electron chi connectivity index (χ4n) is 3.88. The second-order valence-electron chi connectivity index (χ2n) is 7.32. The van der Waals surface area contributed by atoms with E-state index in [4.69, 9.17) is 19.2 Å². The highest BCUT2D eigenvalue weighted by Crippen LogP contribution is 2.35. The van der Waals surface area contributed by atoms with Crippen LogP contribution in [-0.2, 0) is 17.7 Å². The van der Waals surface area contributed by atoms with Crippen LogP contribution in [0.25, 0.3) is 0 Å². The molecule has 0 amide bonds. The van der Waals surface area contributed by atoms with E-state index in [1.54, 1.807) is 14.2 Å². The zero-order valence-corrected chi connectivity index (χ0v) is 18.4. The second-order valence-corrected chi connectivity index (χ2v) is 8.59. The third-order valence-corrected chi connectivity index (χ3v) is 7.11. The van der Waals surface area contributed by atoms with Gasteiger partial charge in [0.2, 0.25) is 0 Å². The van der Waals surface area contributed by atoms with Gasteiger partial charge in [-0.15, -0.1) is 0 Å². The van der Waals surface area contributed by atoms with Crippen molar-refractivity contribution in [2.24, 2.45) is 4.99 Å². The van der Waals surface area contributed by atoms with E-state index in [1.807, 2.05) is 11.8 Å². The van der Waals surface area contributed by atoms with Crippen LogP contribution in [0.2, 0.25) is 0 Å². The molecule has 6 nitrogen and oxygen atoms in total. The van der Waals surface area contributed by atoms with E-state index in [0.717, 1.165) is 76.1 Å². The lowest BCUT2D eigenvalue weighted by molar-refractivity contribution is 0.0793. The molecule has 7 heteroatoms. The van der Waals surface area contributed by atoms with Gasteiger partial charge in [-0.25, -0.2) is 0 Å². The molecule has 1 aromatic carbocycles. The summed E-state index contributed by atoms with van der Waals surface area (Å²) in [6, 6.07) is 4.21. The number of methoxy groups -OCH3 is 2. The number of nitrogens with one attached hydrogen (secondary N) is 1. The first-order valence-corrected chi connectivity index (χ1v) is 11.3. The molecule has 156 valence electrons. The molecule has 0 saturated carbocycles. The van der Waals surface area contributed by atoms with Gasteiger partial charge < -0.3 is 24.4 Å². The SMILES string of the molecule is CCNC(=NCC1(SC)CCOCC1)N1CCc2cc(OC)c(OC)cc2C1. The van der Waals surface area contributed by atoms with Crippen LogP contribution in [0.15, 0.2) is 17.1 Å². The standard InChI is InChI=1S/C21H33N3O3S/c1-5-22-20(23-15-21(28-4)7-10-27-11-8-21)24-9-6-16-12-18(25-2)19(26-3)13-17(16)14-24/h12-13H,5-11,14-15H2,1-4H3,(H,22,23). The van der Waals surface area contributed by atoms with Crippen molar-refractivity contribution in [1.29, 1.82) is 0 Å². The molecule has 0 atom stereocenters. The van der Waals surface area contributed by atoms with E-state index in [2.05, 4.69) is 35.5 Å². The summed E-state index contributed by atoms with van der Waals surface area (Å²) in [6.45, 7) is 7.27. The number of hydrogen-bond donors (Lipinski definition) is 1. The summed E-state index contributed by atoms with van der Waals surface area (Å²) in [4.78, 5) is 7.40. The van der Waals surface area contributed by atoms with Gasteiger partial charge in [-0.2, -0.15) is 11.8 Å². The van der Waals surface area contributed by atoms with Crippen molar-refractivity contribution in [3.63, 3.8) is 0 Å². The van der Waals surface area contributed by atoms with Crippen molar-refractivity contribution < 1.29 is 14.2 Å². The van der Waals surface area contributed by atoms with Crippen molar-refractivity contribution >= 4 is 17.7 Å². The molecule has 1 saturated heterocycles. The van der Waals surface area contributed by atoms with E-state index in [-0.39, 0.29) is 4.75 Å². The second kappa shape index (κ2) is 9.74. The first kappa shape index (κ1) is 21.1. The first-order valence-electron chi connectivity index (χ1n) is 10.0. The lowest BCUT2D eigenvalue weighted by atomic mass is 9.98. The van der Waals surface area contributed by atoms with Gasteiger partial charge in [0.15, 0.2) is 17.5 Å². The predicted octanol–water partition coefficient (Wildman–Crippen LogP) is 2.94. The molecule has 2 heterocycles. The minimum Gasteiger partial charge on any atom is -0.493 e. The van der Waals surface area contributed by atoms with Gasteiger partial charge in [0.1, 0.15) is 0 Å². The minimum absolute atomic E-state index is 0.198. The van der Waals surface area contributed by atoms with E-state index in [1.165, 1.54) is 11.1 Å².